The maximum absolute atomic E-state index is 5.63. The van der Waals surface area contributed by atoms with Gasteiger partial charge in [0.1, 0.15) is 5.69 Å². The first-order valence-corrected chi connectivity index (χ1v) is 5.78. The number of oxazole rings is 1. The van der Waals surface area contributed by atoms with Gasteiger partial charge in [0.15, 0.2) is 5.76 Å². The van der Waals surface area contributed by atoms with Gasteiger partial charge in [0.2, 0.25) is 0 Å². The summed E-state index contributed by atoms with van der Waals surface area (Å²) in [6.45, 7) is 3.78. The van der Waals surface area contributed by atoms with Gasteiger partial charge >= 0.3 is 18.9 Å². The first-order valence-electron chi connectivity index (χ1n) is 5.78. The van der Waals surface area contributed by atoms with E-state index in [1.165, 1.54) is 0 Å². The van der Waals surface area contributed by atoms with Crippen LogP contribution in [-0.2, 0) is 0 Å². The standard InChI is InChI=1S/C16H12NO.Li/c1-12-17-15(13-8-4-2-5-9-13)16(18-12)14-10-6-3-7-11-14;/h2-11H,1H2;/q-1;+1. The van der Waals surface area contributed by atoms with Crippen LogP contribution in [0.3, 0.4) is 0 Å². The van der Waals surface area contributed by atoms with E-state index >= 15 is 0 Å². The Labute approximate surface area is 124 Å². The molecular weight excluding hydrogens is 229 g/mol. The fourth-order valence-corrected chi connectivity index (χ4v) is 1.94. The van der Waals surface area contributed by atoms with E-state index in [0.29, 0.717) is 5.89 Å². The maximum atomic E-state index is 5.63. The van der Waals surface area contributed by atoms with Crippen LogP contribution in [-0.4, -0.2) is 4.98 Å². The minimum Gasteiger partial charge on any atom is -0.471 e. The molecule has 0 radical (unpaired) electrons. The molecule has 0 unspecified atom stereocenters. The van der Waals surface area contributed by atoms with Crippen molar-refractivity contribution < 1.29 is 23.3 Å². The molecule has 0 fully saturated rings. The summed E-state index contributed by atoms with van der Waals surface area (Å²) in [6, 6.07) is 19.9. The summed E-state index contributed by atoms with van der Waals surface area (Å²) in [5, 5.41) is 0. The molecule has 0 aliphatic carbocycles. The molecule has 19 heavy (non-hydrogen) atoms. The normalized spacial score (nSPS) is 9.89. The topological polar surface area (TPSA) is 26.0 Å². The maximum Gasteiger partial charge on any atom is 1.00 e. The van der Waals surface area contributed by atoms with Crippen molar-refractivity contribution in [2.45, 2.75) is 0 Å². The SMILES string of the molecule is [CH2-]c1nc(-c2ccccc2)c(-c2ccccc2)o1.[Li+]. The van der Waals surface area contributed by atoms with Crippen LogP contribution in [0.2, 0.25) is 0 Å². The summed E-state index contributed by atoms with van der Waals surface area (Å²) < 4.78 is 5.63. The predicted molar refractivity (Wildman–Crippen MR) is 71.8 cm³/mol. The zero-order chi connectivity index (χ0) is 12.4. The van der Waals surface area contributed by atoms with Crippen molar-refractivity contribution in [2.24, 2.45) is 0 Å². The van der Waals surface area contributed by atoms with Gasteiger partial charge in [0.05, 0.1) is 5.89 Å². The summed E-state index contributed by atoms with van der Waals surface area (Å²) in [5.41, 5.74) is 2.89. The van der Waals surface area contributed by atoms with E-state index in [-0.39, 0.29) is 18.9 Å². The molecule has 0 spiro atoms. The van der Waals surface area contributed by atoms with Crippen molar-refractivity contribution in [2.75, 3.05) is 0 Å². The fraction of sp³-hybridized carbons (Fsp3) is 0. The number of nitrogens with zero attached hydrogens (tertiary/aromatic N) is 1. The molecule has 2 nitrogen and oxygen atoms in total. The van der Waals surface area contributed by atoms with Crippen LogP contribution < -0.4 is 18.9 Å². The van der Waals surface area contributed by atoms with Crippen molar-refractivity contribution in [3.05, 3.63) is 73.5 Å². The van der Waals surface area contributed by atoms with E-state index in [4.69, 9.17) is 4.42 Å². The average Bonchev–Trinajstić information content (AvgIpc) is 2.83. The molecule has 0 saturated carbocycles. The third kappa shape index (κ3) is 2.76. The first kappa shape index (κ1) is 13.5. The van der Waals surface area contributed by atoms with Gasteiger partial charge in [-0.25, -0.2) is 4.98 Å². The Bertz CT molecular complexity index is 590. The van der Waals surface area contributed by atoms with Crippen LogP contribution in [0.4, 0.5) is 0 Å². The van der Waals surface area contributed by atoms with Crippen LogP contribution in [0.25, 0.3) is 22.6 Å². The van der Waals surface area contributed by atoms with Crippen LogP contribution >= 0.6 is 0 Å². The molecule has 0 bridgehead atoms. The average molecular weight is 241 g/mol. The van der Waals surface area contributed by atoms with Crippen LogP contribution in [0.15, 0.2) is 65.1 Å². The number of benzene rings is 2. The van der Waals surface area contributed by atoms with Gasteiger partial charge in [-0.2, -0.15) is 0 Å². The van der Waals surface area contributed by atoms with Gasteiger partial charge in [0, 0.05) is 11.1 Å². The van der Waals surface area contributed by atoms with E-state index in [9.17, 15) is 0 Å². The quantitative estimate of drug-likeness (QED) is 0.497. The Hall–Kier alpha value is -1.88. The number of hydrogen-bond donors (Lipinski definition) is 0. The summed E-state index contributed by atoms with van der Waals surface area (Å²) in [7, 11) is 0. The molecule has 0 atom stereocenters. The Morgan fingerprint density at radius 2 is 1.32 bits per heavy atom. The molecule has 0 aliphatic rings. The molecule has 88 valence electrons. The fourth-order valence-electron chi connectivity index (χ4n) is 1.94. The summed E-state index contributed by atoms with van der Waals surface area (Å²) in [6.07, 6.45) is 0. The Morgan fingerprint density at radius 1 is 0.789 bits per heavy atom. The second-order valence-corrected chi connectivity index (χ2v) is 4.02. The minimum atomic E-state index is 0. The Morgan fingerprint density at radius 3 is 1.89 bits per heavy atom. The Kier molecular flexibility index (Phi) is 4.16. The van der Waals surface area contributed by atoms with Crippen LogP contribution in [0.5, 0.6) is 0 Å². The van der Waals surface area contributed by atoms with Crippen LogP contribution in [0.1, 0.15) is 5.89 Å². The molecule has 0 amide bonds. The predicted octanol–water partition coefficient (Wildman–Crippen LogP) is 1.19. The van der Waals surface area contributed by atoms with Gasteiger partial charge in [0.25, 0.3) is 0 Å². The second kappa shape index (κ2) is 5.84. The van der Waals surface area contributed by atoms with Crippen molar-refractivity contribution in [1.82, 2.24) is 4.98 Å². The van der Waals surface area contributed by atoms with Gasteiger partial charge < -0.3 is 11.3 Å². The van der Waals surface area contributed by atoms with Crippen molar-refractivity contribution >= 4 is 0 Å². The Balaban J connectivity index is 0.00000133. The molecule has 2 aromatic carbocycles. The van der Waals surface area contributed by atoms with E-state index in [1.807, 2.05) is 60.7 Å². The van der Waals surface area contributed by atoms with E-state index in [1.54, 1.807) is 0 Å². The second-order valence-electron chi connectivity index (χ2n) is 4.02. The monoisotopic (exact) mass is 241 g/mol. The number of rotatable bonds is 2. The largest absolute Gasteiger partial charge is 1.00 e. The number of aromatic nitrogens is 1. The van der Waals surface area contributed by atoms with Crippen molar-refractivity contribution in [3.63, 3.8) is 0 Å². The van der Waals surface area contributed by atoms with E-state index < -0.39 is 0 Å². The van der Waals surface area contributed by atoms with Crippen molar-refractivity contribution in [1.29, 1.82) is 0 Å². The third-order valence-electron chi connectivity index (χ3n) is 2.75. The van der Waals surface area contributed by atoms with Gasteiger partial charge in [-0.1, -0.05) is 60.7 Å². The number of hydrogen-bond acceptors (Lipinski definition) is 2. The molecule has 1 heterocycles. The molecule has 1 aromatic heterocycles. The summed E-state index contributed by atoms with van der Waals surface area (Å²) in [4.78, 5) is 4.38. The summed E-state index contributed by atoms with van der Waals surface area (Å²) >= 11 is 0. The smallest absolute Gasteiger partial charge is 0.471 e. The minimum absolute atomic E-state index is 0. The van der Waals surface area contributed by atoms with Gasteiger partial charge in [-0.05, 0) is 0 Å². The van der Waals surface area contributed by atoms with E-state index in [2.05, 4.69) is 11.9 Å². The molecular formula is C16H12LiNO. The van der Waals surface area contributed by atoms with Gasteiger partial charge in [-0.3, -0.25) is 0 Å². The zero-order valence-corrected chi connectivity index (χ0v) is 10.8. The van der Waals surface area contributed by atoms with E-state index in [0.717, 1.165) is 22.6 Å². The van der Waals surface area contributed by atoms with Crippen molar-refractivity contribution in [3.8, 4) is 22.6 Å². The molecule has 3 rings (SSSR count). The zero-order valence-electron chi connectivity index (χ0n) is 10.8. The molecule has 0 N–H and O–H groups in total. The third-order valence-corrected chi connectivity index (χ3v) is 2.75. The first-order chi connectivity index (χ1) is 8.84. The van der Waals surface area contributed by atoms with Crippen LogP contribution in [0, 0.1) is 6.92 Å². The molecule has 0 saturated heterocycles. The molecule has 0 aliphatic heterocycles. The van der Waals surface area contributed by atoms with Gasteiger partial charge in [-0.15, -0.1) is 0 Å². The molecule has 3 heteroatoms. The molecule has 3 aromatic rings. The summed E-state index contributed by atoms with van der Waals surface area (Å²) in [5.74, 6) is 1.21.